The lowest BCUT2D eigenvalue weighted by atomic mass is 10.1. The second-order valence-electron chi connectivity index (χ2n) is 3.57. The van der Waals surface area contributed by atoms with Gasteiger partial charge in [-0.1, -0.05) is 13.3 Å². The smallest absolute Gasteiger partial charge is 0.0841 e. The Hall–Kier alpha value is -0.550. The summed E-state index contributed by atoms with van der Waals surface area (Å²) in [7, 11) is 0. The van der Waals surface area contributed by atoms with Crippen molar-refractivity contribution >= 4 is 0 Å². The zero-order valence-corrected chi connectivity index (χ0v) is 7.14. The van der Waals surface area contributed by atoms with E-state index in [9.17, 15) is 0 Å². The lowest BCUT2D eigenvalue weighted by Gasteiger charge is -2.07. The van der Waals surface area contributed by atoms with Crippen LogP contribution in [0.5, 0.6) is 0 Å². The van der Waals surface area contributed by atoms with Crippen LogP contribution < -0.4 is 5.32 Å². The Morgan fingerprint density at radius 1 is 1.55 bits per heavy atom. The van der Waals surface area contributed by atoms with Gasteiger partial charge < -0.3 is 5.32 Å². The van der Waals surface area contributed by atoms with E-state index in [1.165, 1.54) is 19.3 Å². The van der Waals surface area contributed by atoms with Crippen molar-refractivity contribution in [1.82, 2.24) is 5.32 Å². The summed E-state index contributed by atoms with van der Waals surface area (Å²) in [5.74, 6) is 1.74. The molecular weight excluding hydrogens is 136 g/mol. The quantitative estimate of drug-likeness (QED) is 0.492. The summed E-state index contributed by atoms with van der Waals surface area (Å²) < 4.78 is 0. The fourth-order valence-electron chi connectivity index (χ4n) is 1.84. The van der Waals surface area contributed by atoms with Crippen LogP contribution in [0.3, 0.4) is 0 Å². The van der Waals surface area contributed by atoms with E-state index in [1.54, 1.807) is 0 Å². The highest BCUT2D eigenvalue weighted by atomic mass is 14.9. The molecular formula is C9H16N2. The van der Waals surface area contributed by atoms with Crippen molar-refractivity contribution in [3.63, 3.8) is 0 Å². The molecule has 1 saturated carbocycles. The maximum Gasteiger partial charge on any atom is 0.0841 e. The monoisotopic (exact) mass is 152 g/mol. The predicted molar refractivity (Wildman–Crippen MR) is 45.0 cm³/mol. The summed E-state index contributed by atoms with van der Waals surface area (Å²) in [5.41, 5.74) is 0. The molecule has 0 saturated heterocycles. The van der Waals surface area contributed by atoms with Gasteiger partial charge in [0.2, 0.25) is 0 Å². The Morgan fingerprint density at radius 3 is 2.91 bits per heavy atom. The zero-order valence-electron chi connectivity index (χ0n) is 7.14. The van der Waals surface area contributed by atoms with Gasteiger partial charge in [-0.05, 0) is 31.2 Å². The number of nitrogens with zero attached hydrogens (tertiary/aromatic N) is 1. The van der Waals surface area contributed by atoms with Crippen LogP contribution in [0.4, 0.5) is 0 Å². The molecule has 1 aliphatic rings. The second-order valence-corrected chi connectivity index (χ2v) is 3.57. The lowest BCUT2D eigenvalue weighted by molar-refractivity contribution is 0.484. The number of nitriles is 1. The molecule has 0 spiro atoms. The minimum Gasteiger partial charge on any atom is -0.304 e. The van der Waals surface area contributed by atoms with Gasteiger partial charge in [-0.3, -0.25) is 0 Å². The van der Waals surface area contributed by atoms with E-state index in [0.29, 0.717) is 6.54 Å². The lowest BCUT2D eigenvalue weighted by Crippen LogP contribution is -2.21. The van der Waals surface area contributed by atoms with Crippen molar-refractivity contribution in [3.05, 3.63) is 0 Å². The Morgan fingerprint density at radius 2 is 2.36 bits per heavy atom. The van der Waals surface area contributed by atoms with Gasteiger partial charge in [-0.2, -0.15) is 5.26 Å². The van der Waals surface area contributed by atoms with Crippen molar-refractivity contribution in [2.75, 3.05) is 13.1 Å². The zero-order chi connectivity index (χ0) is 8.10. The molecule has 0 radical (unpaired) electrons. The second kappa shape index (κ2) is 4.35. The summed E-state index contributed by atoms with van der Waals surface area (Å²) in [4.78, 5) is 0. The number of rotatable bonds is 3. The first-order valence-electron chi connectivity index (χ1n) is 4.40. The molecule has 1 N–H and O–H groups in total. The third kappa shape index (κ3) is 2.90. The number of nitrogens with one attached hydrogen (secondary N) is 1. The Labute approximate surface area is 68.6 Å². The van der Waals surface area contributed by atoms with Gasteiger partial charge in [0.1, 0.15) is 0 Å². The summed E-state index contributed by atoms with van der Waals surface area (Å²) in [5, 5.41) is 11.4. The van der Waals surface area contributed by atoms with Gasteiger partial charge in [-0.25, -0.2) is 0 Å². The van der Waals surface area contributed by atoms with Crippen molar-refractivity contribution in [1.29, 1.82) is 5.26 Å². The summed E-state index contributed by atoms with van der Waals surface area (Å²) in [6, 6.07) is 2.09. The fraction of sp³-hybridized carbons (Fsp3) is 0.889. The van der Waals surface area contributed by atoms with E-state index in [4.69, 9.17) is 5.26 Å². The maximum absolute atomic E-state index is 8.28. The molecule has 11 heavy (non-hydrogen) atoms. The van der Waals surface area contributed by atoms with Gasteiger partial charge in [0.15, 0.2) is 0 Å². The van der Waals surface area contributed by atoms with E-state index < -0.39 is 0 Å². The van der Waals surface area contributed by atoms with Crippen molar-refractivity contribution in [2.45, 2.75) is 26.2 Å². The first kappa shape index (κ1) is 8.55. The van der Waals surface area contributed by atoms with Gasteiger partial charge >= 0.3 is 0 Å². The van der Waals surface area contributed by atoms with Gasteiger partial charge in [0, 0.05) is 0 Å². The van der Waals surface area contributed by atoms with Gasteiger partial charge in [-0.15, -0.1) is 0 Å². The average molecular weight is 152 g/mol. The maximum atomic E-state index is 8.28. The normalized spacial score (nSPS) is 30.2. The van der Waals surface area contributed by atoms with E-state index in [1.807, 2.05) is 0 Å². The van der Waals surface area contributed by atoms with Gasteiger partial charge in [0.25, 0.3) is 0 Å². The predicted octanol–water partition coefficient (Wildman–Crippen LogP) is 1.54. The molecule has 0 aromatic heterocycles. The summed E-state index contributed by atoms with van der Waals surface area (Å²) in [6.45, 7) is 3.85. The van der Waals surface area contributed by atoms with Crippen molar-refractivity contribution < 1.29 is 0 Å². The molecule has 2 unspecified atom stereocenters. The highest BCUT2D eigenvalue weighted by Crippen LogP contribution is 2.29. The Balaban J connectivity index is 2.05. The minimum absolute atomic E-state index is 0.505. The number of hydrogen-bond acceptors (Lipinski definition) is 2. The fourth-order valence-corrected chi connectivity index (χ4v) is 1.84. The molecule has 2 heteroatoms. The van der Waals surface area contributed by atoms with Crippen LogP contribution in [0.25, 0.3) is 0 Å². The van der Waals surface area contributed by atoms with Gasteiger partial charge in [0.05, 0.1) is 12.6 Å². The van der Waals surface area contributed by atoms with Crippen molar-refractivity contribution in [3.8, 4) is 6.07 Å². The molecule has 62 valence electrons. The topological polar surface area (TPSA) is 35.8 Å². The van der Waals surface area contributed by atoms with Crippen LogP contribution in [0.2, 0.25) is 0 Å². The SMILES string of the molecule is CC1CCC(CNCC#N)C1. The summed E-state index contributed by atoms with van der Waals surface area (Å²) >= 11 is 0. The Kier molecular flexibility index (Phi) is 3.38. The third-order valence-electron chi connectivity index (χ3n) is 2.44. The Bertz CT molecular complexity index is 148. The molecule has 0 heterocycles. The van der Waals surface area contributed by atoms with E-state index in [0.717, 1.165) is 18.4 Å². The third-order valence-corrected chi connectivity index (χ3v) is 2.44. The van der Waals surface area contributed by atoms with Crippen LogP contribution >= 0.6 is 0 Å². The van der Waals surface area contributed by atoms with Crippen molar-refractivity contribution in [2.24, 2.45) is 11.8 Å². The first-order valence-corrected chi connectivity index (χ1v) is 4.40. The summed E-state index contributed by atoms with van der Waals surface area (Å²) in [6.07, 6.45) is 4.07. The largest absolute Gasteiger partial charge is 0.304 e. The first-order chi connectivity index (χ1) is 5.33. The molecule has 2 atom stereocenters. The average Bonchev–Trinajstić information content (AvgIpc) is 2.37. The molecule has 0 aliphatic heterocycles. The van der Waals surface area contributed by atoms with E-state index in [-0.39, 0.29) is 0 Å². The van der Waals surface area contributed by atoms with Crippen LogP contribution in [-0.2, 0) is 0 Å². The molecule has 0 bridgehead atoms. The standard InChI is InChI=1S/C9H16N2/c1-8-2-3-9(6-8)7-11-5-4-10/h8-9,11H,2-3,5-7H2,1H3. The van der Waals surface area contributed by atoms with E-state index in [2.05, 4.69) is 18.3 Å². The molecule has 0 aromatic rings. The molecule has 1 rings (SSSR count). The molecule has 1 aliphatic carbocycles. The highest BCUT2D eigenvalue weighted by molar-refractivity contribution is 4.78. The van der Waals surface area contributed by atoms with Crippen LogP contribution in [0.1, 0.15) is 26.2 Å². The molecule has 0 amide bonds. The molecule has 2 nitrogen and oxygen atoms in total. The molecule has 0 aromatic carbocycles. The van der Waals surface area contributed by atoms with Crippen LogP contribution in [-0.4, -0.2) is 13.1 Å². The van der Waals surface area contributed by atoms with E-state index >= 15 is 0 Å². The molecule has 1 fully saturated rings. The number of hydrogen-bond donors (Lipinski definition) is 1. The minimum atomic E-state index is 0.505. The van der Waals surface area contributed by atoms with Crippen LogP contribution in [0.15, 0.2) is 0 Å². The van der Waals surface area contributed by atoms with Crippen LogP contribution in [0, 0.1) is 23.2 Å². The highest BCUT2D eigenvalue weighted by Gasteiger charge is 2.20.